The summed E-state index contributed by atoms with van der Waals surface area (Å²) in [5, 5.41) is 3.94. The highest BCUT2D eigenvalue weighted by molar-refractivity contribution is 7.94. The Morgan fingerprint density at radius 2 is 1.90 bits per heavy atom. The van der Waals surface area contributed by atoms with E-state index in [1.165, 1.54) is 16.7 Å². The summed E-state index contributed by atoms with van der Waals surface area (Å²) in [5.41, 5.74) is 2.59. The van der Waals surface area contributed by atoms with Gasteiger partial charge in [0.25, 0.3) is 0 Å². The summed E-state index contributed by atoms with van der Waals surface area (Å²) in [5.74, 6) is -0.241. The minimum atomic E-state index is -3.27. The number of pyridine rings is 1. The highest BCUT2D eigenvalue weighted by Gasteiger charge is 2.30. The average molecular weight is 426 g/mol. The van der Waals surface area contributed by atoms with E-state index in [1.807, 2.05) is 47.8 Å². The molecule has 1 amide bonds. The number of aromatic nitrogens is 2. The van der Waals surface area contributed by atoms with Crippen LogP contribution >= 0.6 is 11.3 Å². The number of thiazole rings is 1. The zero-order valence-corrected chi connectivity index (χ0v) is 17.1. The number of amides is 1. The normalized spacial score (nSPS) is 17.3. The molecule has 0 N–H and O–H groups in total. The van der Waals surface area contributed by atoms with E-state index < -0.39 is 15.9 Å². The first kappa shape index (κ1) is 19.5. The van der Waals surface area contributed by atoms with Crippen molar-refractivity contribution in [2.24, 2.45) is 0 Å². The molecule has 1 aliphatic heterocycles. The quantitative estimate of drug-likeness (QED) is 0.606. The first-order valence-electron chi connectivity index (χ1n) is 9.09. The van der Waals surface area contributed by atoms with Crippen LogP contribution in [0.15, 0.2) is 71.7 Å². The second-order valence-corrected chi connectivity index (χ2v) is 9.58. The van der Waals surface area contributed by atoms with Crippen LogP contribution < -0.4 is 0 Å². The van der Waals surface area contributed by atoms with Crippen LogP contribution in [0.3, 0.4) is 0 Å². The second-order valence-electron chi connectivity index (χ2n) is 6.79. The molecule has 148 valence electrons. The number of benzene rings is 1. The molecule has 0 saturated heterocycles. The lowest BCUT2D eigenvalue weighted by Gasteiger charge is -2.27. The maximum Gasteiger partial charge on any atom is 0.229 e. The maximum absolute atomic E-state index is 13.1. The molecule has 1 aliphatic rings. The molecule has 29 heavy (non-hydrogen) atoms. The van der Waals surface area contributed by atoms with Gasteiger partial charge in [-0.2, -0.15) is 0 Å². The maximum atomic E-state index is 13.1. The highest BCUT2D eigenvalue weighted by Crippen LogP contribution is 2.24. The Morgan fingerprint density at radius 3 is 2.59 bits per heavy atom. The molecular weight excluding hydrogens is 406 g/mol. The molecule has 6 nitrogen and oxygen atoms in total. The Bertz CT molecular complexity index is 1130. The fourth-order valence-corrected chi connectivity index (χ4v) is 5.31. The summed E-state index contributed by atoms with van der Waals surface area (Å²) in [6.45, 7) is 0.321. The first-order chi connectivity index (χ1) is 14.0. The molecule has 0 saturated carbocycles. The van der Waals surface area contributed by atoms with Crippen molar-refractivity contribution in [2.75, 3.05) is 5.75 Å². The summed E-state index contributed by atoms with van der Waals surface area (Å²) < 4.78 is 23.8. The van der Waals surface area contributed by atoms with Gasteiger partial charge in [-0.3, -0.25) is 9.78 Å². The Hall–Kier alpha value is -2.84. The van der Waals surface area contributed by atoms with Crippen molar-refractivity contribution < 1.29 is 13.2 Å². The summed E-state index contributed by atoms with van der Waals surface area (Å²) in [6.07, 6.45) is 5.03. The van der Waals surface area contributed by atoms with E-state index in [4.69, 9.17) is 0 Å². The van der Waals surface area contributed by atoms with Gasteiger partial charge in [-0.1, -0.05) is 30.3 Å². The smallest absolute Gasteiger partial charge is 0.229 e. The van der Waals surface area contributed by atoms with Crippen LogP contribution in [0, 0.1) is 0 Å². The van der Waals surface area contributed by atoms with E-state index in [9.17, 15) is 13.2 Å². The van der Waals surface area contributed by atoms with Crippen molar-refractivity contribution in [2.45, 2.75) is 19.0 Å². The SMILES string of the molecule is O=C(Cc1csc(-c2ccccc2)n1)N(Cc1ccncc1)C1C=CS(=O)(=O)C1. The number of hydrogen-bond donors (Lipinski definition) is 0. The van der Waals surface area contributed by atoms with E-state index in [2.05, 4.69) is 9.97 Å². The van der Waals surface area contributed by atoms with Gasteiger partial charge in [0.05, 0.1) is 23.9 Å². The average Bonchev–Trinajstić information content (AvgIpc) is 3.33. The minimum absolute atomic E-state index is 0.0871. The second kappa shape index (κ2) is 8.26. The summed E-state index contributed by atoms with van der Waals surface area (Å²) in [4.78, 5) is 23.3. The van der Waals surface area contributed by atoms with Crippen molar-refractivity contribution in [3.8, 4) is 10.6 Å². The Kier molecular flexibility index (Phi) is 5.55. The standard InChI is InChI=1S/C21H19N3O3S2/c25-20(12-18-14-28-21(23-18)17-4-2-1-3-5-17)24(13-16-6-9-22-10-7-16)19-8-11-29(26,27)15-19/h1-11,14,19H,12-13,15H2. The van der Waals surface area contributed by atoms with Crippen molar-refractivity contribution in [1.29, 1.82) is 0 Å². The molecule has 8 heteroatoms. The van der Waals surface area contributed by atoms with E-state index in [0.717, 1.165) is 16.1 Å². The van der Waals surface area contributed by atoms with Crippen LogP contribution in [0.1, 0.15) is 11.3 Å². The van der Waals surface area contributed by atoms with Crippen LogP contribution in [-0.4, -0.2) is 41.0 Å². The zero-order chi connectivity index (χ0) is 20.3. The molecule has 3 heterocycles. The minimum Gasteiger partial charge on any atom is -0.331 e. The Morgan fingerprint density at radius 1 is 1.14 bits per heavy atom. The van der Waals surface area contributed by atoms with E-state index in [-0.39, 0.29) is 18.1 Å². The van der Waals surface area contributed by atoms with Gasteiger partial charge in [0.15, 0.2) is 9.84 Å². The summed E-state index contributed by atoms with van der Waals surface area (Å²) in [6, 6.07) is 13.0. The zero-order valence-electron chi connectivity index (χ0n) is 15.5. The van der Waals surface area contributed by atoms with Crippen molar-refractivity contribution in [3.63, 3.8) is 0 Å². The van der Waals surface area contributed by atoms with Gasteiger partial charge >= 0.3 is 0 Å². The topological polar surface area (TPSA) is 80.2 Å². The highest BCUT2D eigenvalue weighted by atomic mass is 32.2. The molecule has 0 spiro atoms. The monoisotopic (exact) mass is 425 g/mol. The van der Waals surface area contributed by atoms with E-state index in [0.29, 0.717) is 12.2 Å². The molecule has 0 fully saturated rings. The van der Waals surface area contributed by atoms with Crippen LogP contribution in [-0.2, 0) is 27.6 Å². The van der Waals surface area contributed by atoms with Gasteiger partial charge in [-0.25, -0.2) is 13.4 Å². The predicted molar refractivity (Wildman–Crippen MR) is 113 cm³/mol. The van der Waals surface area contributed by atoms with Crippen LogP contribution in [0.4, 0.5) is 0 Å². The molecule has 2 aromatic heterocycles. The Labute approximate surface area is 173 Å². The van der Waals surface area contributed by atoms with Gasteiger partial charge < -0.3 is 4.90 Å². The number of rotatable bonds is 6. The van der Waals surface area contributed by atoms with E-state index in [1.54, 1.807) is 23.4 Å². The predicted octanol–water partition coefficient (Wildman–Crippen LogP) is 3.09. The summed E-state index contributed by atoms with van der Waals surface area (Å²) >= 11 is 1.49. The van der Waals surface area contributed by atoms with Gasteiger partial charge in [-0.15, -0.1) is 11.3 Å². The molecule has 3 aromatic rings. The third kappa shape index (κ3) is 4.78. The number of nitrogens with zero attached hydrogens (tertiary/aromatic N) is 3. The van der Waals surface area contributed by atoms with Crippen molar-refractivity contribution in [3.05, 3.63) is 83.0 Å². The first-order valence-corrected chi connectivity index (χ1v) is 11.7. The van der Waals surface area contributed by atoms with Gasteiger partial charge in [0.1, 0.15) is 5.01 Å². The molecule has 4 rings (SSSR count). The molecular formula is C21H19N3O3S2. The largest absolute Gasteiger partial charge is 0.331 e. The number of hydrogen-bond acceptors (Lipinski definition) is 6. The number of sulfone groups is 1. The number of carbonyl (C=O) groups excluding carboxylic acids is 1. The molecule has 1 atom stereocenters. The molecule has 0 aliphatic carbocycles. The lowest BCUT2D eigenvalue weighted by molar-refractivity contribution is -0.132. The fraction of sp³-hybridized carbons (Fsp3) is 0.190. The fourth-order valence-electron chi connectivity index (χ4n) is 3.19. The van der Waals surface area contributed by atoms with Gasteiger partial charge in [0, 0.05) is 35.3 Å². The third-order valence-corrected chi connectivity index (χ3v) is 6.96. The van der Waals surface area contributed by atoms with E-state index >= 15 is 0 Å². The third-order valence-electron chi connectivity index (χ3n) is 4.64. The number of carbonyl (C=O) groups is 1. The lowest BCUT2D eigenvalue weighted by atomic mass is 10.1. The molecule has 0 radical (unpaired) electrons. The van der Waals surface area contributed by atoms with Crippen molar-refractivity contribution in [1.82, 2.24) is 14.9 Å². The summed E-state index contributed by atoms with van der Waals surface area (Å²) in [7, 11) is -3.27. The van der Waals surface area contributed by atoms with Crippen LogP contribution in [0.5, 0.6) is 0 Å². The molecule has 0 bridgehead atoms. The molecule has 1 unspecified atom stereocenters. The van der Waals surface area contributed by atoms with Gasteiger partial charge in [0.2, 0.25) is 5.91 Å². The van der Waals surface area contributed by atoms with Crippen LogP contribution in [0.25, 0.3) is 10.6 Å². The lowest BCUT2D eigenvalue weighted by Crippen LogP contribution is -2.41. The van der Waals surface area contributed by atoms with Gasteiger partial charge in [-0.05, 0) is 23.8 Å². The molecule has 1 aromatic carbocycles. The Balaban J connectivity index is 1.54. The van der Waals surface area contributed by atoms with Crippen LogP contribution in [0.2, 0.25) is 0 Å². The van der Waals surface area contributed by atoms with Crippen molar-refractivity contribution >= 4 is 27.1 Å².